The van der Waals surface area contributed by atoms with E-state index in [9.17, 15) is 0 Å². The van der Waals surface area contributed by atoms with Crippen LogP contribution in [0.15, 0.2) is 17.5 Å². The third kappa shape index (κ3) is 5.14. The molecule has 1 atom stereocenters. The van der Waals surface area contributed by atoms with Gasteiger partial charge in [0.2, 0.25) is 0 Å². The molecular formula is C12H22Cl2N2S. The maximum Gasteiger partial charge on any atom is 0.0300 e. The fraction of sp³-hybridized carbons (Fsp3) is 0.667. The molecule has 2 heterocycles. The zero-order valence-electron chi connectivity index (χ0n) is 10.2. The minimum absolute atomic E-state index is 0. The van der Waals surface area contributed by atoms with Crippen LogP contribution in [-0.4, -0.2) is 30.6 Å². The molecule has 100 valence electrons. The Kier molecular flexibility index (Phi) is 9.28. The summed E-state index contributed by atoms with van der Waals surface area (Å²) in [4.78, 5) is 4.03. The number of thiophene rings is 1. The lowest BCUT2D eigenvalue weighted by atomic mass is 10.2. The number of likely N-dealkylation sites (N-methyl/N-ethyl adjacent to an activating group) is 1. The van der Waals surface area contributed by atoms with Crippen molar-refractivity contribution in [1.82, 2.24) is 10.2 Å². The van der Waals surface area contributed by atoms with Gasteiger partial charge in [0, 0.05) is 24.0 Å². The van der Waals surface area contributed by atoms with E-state index in [1.165, 1.54) is 30.8 Å². The maximum absolute atomic E-state index is 3.56. The van der Waals surface area contributed by atoms with Gasteiger partial charge in [-0.05, 0) is 37.4 Å². The van der Waals surface area contributed by atoms with Gasteiger partial charge in [0.15, 0.2) is 0 Å². The van der Waals surface area contributed by atoms with Crippen molar-refractivity contribution < 1.29 is 0 Å². The number of hydrogen-bond donors (Lipinski definition) is 1. The predicted octanol–water partition coefficient (Wildman–Crippen LogP) is 3.17. The molecule has 2 rings (SSSR count). The lowest BCUT2D eigenvalue weighted by molar-refractivity contribution is 0.260. The van der Waals surface area contributed by atoms with Gasteiger partial charge in [0.1, 0.15) is 0 Å². The molecular weight excluding hydrogens is 275 g/mol. The molecule has 1 aliphatic rings. The van der Waals surface area contributed by atoms with E-state index in [1.807, 2.05) is 11.3 Å². The molecule has 0 amide bonds. The monoisotopic (exact) mass is 296 g/mol. The van der Waals surface area contributed by atoms with E-state index < -0.39 is 0 Å². The van der Waals surface area contributed by atoms with Crippen molar-refractivity contribution in [2.45, 2.75) is 32.4 Å². The topological polar surface area (TPSA) is 15.3 Å². The quantitative estimate of drug-likeness (QED) is 0.898. The summed E-state index contributed by atoms with van der Waals surface area (Å²) in [5, 5.41) is 5.71. The van der Waals surface area contributed by atoms with Crippen LogP contribution >= 0.6 is 36.2 Å². The van der Waals surface area contributed by atoms with Crippen LogP contribution < -0.4 is 5.32 Å². The second-order valence-electron chi connectivity index (χ2n) is 4.13. The first-order valence-corrected chi connectivity index (χ1v) is 6.75. The molecule has 1 saturated heterocycles. The maximum atomic E-state index is 3.56. The van der Waals surface area contributed by atoms with Crippen LogP contribution in [0.1, 0.15) is 24.6 Å². The van der Waals surface area contributed by atoms with E-state index in [1.54, 1.807) is 0 Å². The first kappa shape index (κ1) is 17.2. The molecule has 0 radical (unpaired) electrons. The first-order valence-electron chi connectivity index (χ1n) is 5.87. The normalized spacial score (nSPS) is 19.7. The number of nitrogens with zero attached hydrogens (tertiary/aromatic N) is 1. The fourth-order valence-electron chi connectivity index (χ4n) is 2.32. The highest BCUT2D eigenvalue weighted by atomic mass is 35.5. The fourth-order valence-corrected chi connectivity index (χ4v) is 2.99. The second-order valence-corrected chi connectivity index (χ2v) is 5.17. The van der Waals surface area contributed by atoms with Crippen LogP contribution in [0.4, 0.5) is 0 Å². The van der Waals surface area contributed by atoms with Gasteiger partial charge in [-0.1, -0.05) is 13.0 Å². The van der Waals surface area contributed by atoms with E-state index >= 15 is 0 Å². The first-order chi connectivity index (χ1) is 7.40. The summed E-state index contributed by atoms with van der Waals surface area (Å²) in [6.45, 7) is 6.93. The van der Waals surface area contributed by atoms with E-state index in [4.69, 9.17) is 0 Å². The van der Waals surface area contributed by atoms with Gasteiger partial charge in [-0.2, -0.15) is 0 Å². The number of likely N-dealkylation sites (tertiary alicyclic amines) is 1. The molecule has 1 aromatic rings. The van der Waals surface area contributed by atoms with E-state index in [0.717, 1.165) is 19.1 Å². The van der Waals surface area contributed by atoms with Crippen molar-refractivity contribution in [2.24, 2.45) is 0 Å². The van der Waals surface area contributed by atoms with Gasteiger partial charge >= 0.3 is 0 Å². The minimum Gasteiger partial charge on any atom is -0.310 e. The minimum atomic E-state index is 0. The number of halogens is 2. The number of nitrogens with one attached hydrogen (secondary N) is 1. The highest BCUT2D eigenvalue weighted by Gasteiger charge is 2.21. The molecule has 1 N–H and O–H groups in total. The lowest BCUT2D eigenvalue weighted by Crippen LogP contribution is -2.37. The van der Waals surface area contributed by atoms with E-state index in [2.05, 4.69) is 34.7 Å². The van der Waals surface area contributed by atoms with Crippen LogP contribution in [-0.2, 0) is 6.54 Å². The Morgan fingerprint density at radius 2 is 2.29 bits per heavy atom. The number of hydrogen-bond acceptors (Lipinski definition) is 3. The van der Waals surface area contributed by atoms with Gasteiger partial charge in [0.25, 0.3) is 0 Å². The Hall–Kier alpha value is 0.200. The summed E-state index contributed by atoms with van der Waals surface area (Å²) in [6.07, 6.45) is 2.74. The van der Waals surface area contributed by atoms with E-state index in [-0.39, 0.29) is 24.8 Å². The molecule has 0 bridgehead atoms. The third-order valence-electron chi connectivity index (χ3n) is 3.16. The molecule has 0 spiro atoms. The molecule has 17 heavy (non-hydrogen) atoms. The van der Waals surface area contributed by atoms with Crippen LogP contribution in [0, 0.1) is 0 Å². The van der Waals surface area contributed by atoms with Crippen LogP contribution in [0.5, 0.6) is 0 Å². The summed E-state index contributed by atoms with van der Waals surface area (Å²) < 4.78 is 0. The average molecular weight is 297 g/mol. The van der Waals surface area contributed by atoms with E-state index in [0.29, 0.717) is 0 Å². The van der Waals surface area contributed by atoms with Crippen LogP contribution in [0.25, 0.3) is 0 Å². The zero-order chi connectivity index (χ0) is 10.5. The van der Waals surface area contributed by atoms with Crippen molar-refractivity contribution >= 4 is 36.2 Å². The van der Waals surface area contributed by atoms with Gasteiger partial charge in [-0.3, -0.25) is 4.90 Å². The number of rotatable bonds is 5. The molecule has 1 aromatic heterocycles. The highest BCUT2D eigenvalue weighted by molar-refractivity contribution is 7.09. The van der Waals surface area contributed by atoms with Gasteiger partial charge < -0.3 is 5.32 Å². The summed E-state index contributed by atoms with van der Waals surface area (Å²) in [7, 11) is 0. The molecule has 1 aliphatic heterocycles. The van der Waals surface area contributed by atoms with Gasteiger partial charge in [-0.25, -0.2) is 0 Å². The zero-order valence-corrected chi connectivity index (χ0v) is 12.7. The van der Waals surface area contributed by atoms with Crippen molar-refractivity contribution in [3.63, 3.8) is 0 Å². The highest BCUT2D eigenvalue weighted by Crippen LogP contribution is 2.16. The SMILES string of the molecule is CCN1CCCC1CNCc1cccs1.Cl.Cl. The molecule has 1 fully saturated rings. The third-order valence-corrected chi connectivity index (χ3v) is 4.04. The summed E-state index contributed by atoms with van der Waals surface area (Å²) >= 11 is 1.84. The molecule has 5 heteroatoms. The van der Waals surface area contributed by atoms with Crippen molar-refractivity contribution in [1.29, 1.82) is 0 Å². The Labute approximate surface area is 121 Å². The molecule has 0 aliphatic carbocycles. The van der Waals surface area contributed by atoms with Crippen molar-refractivity contribution in [3.8, 4) is 0 Å². The van der Waals surface area contributed by atoms with Gasteiger partial charge in [-0.15, -0.1) is 36.2 Å². The molecule has 1 unspecified atom stereocenters. The average Bonchev–Trinajstić information content (AvgIpc) is 2.88. The summed E-state index contributed by atoms with van der Waals surface area (Å²) in [5.74, 6) is 0. The summed E-state index contributed by atoms with van der Waals surface area (Å²) in [5.41, 5.74) is 0. The summed E-state index contributed by atoms with van der Waals surface area (Å²) in [6, 6.07) is 5.09. The smallest absolute Gasteiger partial charge is 0.0300 e. The Morgan fingerprint density at radius 1 is 1.47 bits per heavy atom. The Bertz CT molecular complexity index is 280. The van der Waals surface area contributed by atoms with Gasteiger partial charge in [0.05, 0.1) is 0 Å². The van der Waals surface area contributed by atoms with Crippen molar-refractivity contribution in [2.75, 3.05) is 19.6 Å². The lowest BCUT2D eigenvalue weighted by Gasteiger charge is -2.22. The van der Waals surface area contributed by atoms with Crippen LogP contribution in [0.2, 0.25) is 0 Å². The Balaban J connectivity index is 0.00000128. The van der Waals surface area contributed by atoms with Crippen LogP contribution in [0.3, 0.4) is 0 Å². The standard InChI is InChI=1S/C12H20N2S.2ClH/c1-2-14-7-3-5-11(14)9-13-10-12-6-4-8-15-12;;/h4,6,8,11,13H,2-3,5,7,9-10H2,1H3;2*1H. The molecule has 0 saturated carbocycles. The van der Waals surface area contributed by atoms with Crippen molar-refractivity contribution in [3.05, 3.63) is 22.4 Å². The predicted molar refractivity (Wildman–Crippen MR) is 80.8 cm³/mol. The Morgan fingerprint density at radius 3 is 2.94 bits per heavy atom. The molecule has 0 aromatic carbocycles. The largest absolute Gasteiger partial charge is 0.310 e. The molecule has 2 nitrogen and oxygen atoms in total. The second kappa shape index (κ2) is 9.17.